The zero-order chi connectivity index (χ0) is 45.1. The highest BCUT2D eigenvalue weighted by Gasteiger charge is 2.50. The van der Waals surface area contributed by atoms with E-state index < -0.39 is 72.2 Å². The Morgan fingerprint density at radius 1 is 0.742 bits per heavy atom. The maximum absolute atomic E-state index is 15.1. The summed E-state index contributed by atoms with van der Waals surface area (Å²) in [5.74, 6) is -3.62. The van der Waals surface area contributed by atoms with E-state index in [0.29, 0.717) is 23.4 Å². The molecule has 0 bridgehead atoms. The molecule has 7 rings (SSSR count). The van der Waals surface area contributed by atoms with Crippen LogP contribution in [0.3, 0.4) is 0 Å². The van der Waals surface area contributed by atoms with E-state index in [9.17, 15) is 19.2 Å². The van der Waals surface area contributed by atoms with Crippen molar-refractivity contribution in [3.8, 4) is 11.1 Å². The van der Waals surface area contributed by atoms with Crippen molar-refractivity contribution in [3.05, 3.63) is 60.2 Å². The minimum absolute atomic E-state index is 0.165. The Balaban J connectivity index is 1.12. The van der Waals surface area contributed by atoms with Gasteiger partial charge in [-0.1, -0.05) is 52.0 Å². The highest BCUT2D eigenvalue weighted by Crippen LogP contribution is 2.42. The van der Waals surface area contributed by atoms with Gasteiger partial charge in [-0.2, -0.15) is 0 Å². The summed E-state index contributed by atoms with van der Waals surface area (Å²) in [5, 5.41) is 7.26. The van der Waals surface area contributed by atoms with Crippen LogP contribution in [0.25, 0.3) is 44.0 Å². The number of alkyl carbamates (subject to hydrolysis) is 2. The summed E-state index contributed by atoms with van der Waals surface area (Å²) < 4.78 is 41.0. The third-order valence-electron chi connectivity index (χ3n) is 11.2. The number of nitrogens with zero attached hydrogens (tertiary/aromatic N) is 4. The fourth-order valence-corrected chi connectivity index (χ4v) is 8.39. The average molecular weight is 857 g/mol. The van der Waals surface area contributed by atoms with Gasteiger partial charge in [-0.05, 0) is 107 Å². The van der Waals surface area contributed by atoms with Gasteiger partial charge in [-0.15, -0.1) is 0 Å². The van der Waals surface area contributed by atoms with Gasteiger partial charge in [0.05, 0.1) is 40.7 Å². The van der Waals surface area contributed by atoms with Gasteiger partial charge in [0.2, 0.25) is 11.8 Å². The minimum atomic E-state index is -3.16. The summed E-state index contributed by atoms with van der Waals surface area (Å²) in [6, 6.07) is 12.5. The second-order valence-corrected chi connectivity index (χ2v) is 19.3. The Kier molecular flexibility index (Phi) is 11.8. The predicted octanol–water partition coefficient (Wildman–Crippen LogP) is 8.93. The maximum Gasteiger partial charge on any atom is 0.408 e. The lowest BCUT2D eigenvalue weighted by Gasteiger charge is -2.31. The Bertz CT molecular complexity index is 2520. The van der Waals surface area contributed by atoms with E-state index in [1.807, 2.05) is 56.3 Å². The molecule has 14 nitrogen and oxygen atoms in total. The Hall–Kier alpha value is -5.80. The third kappa shape index (κ3) is 9.48. The van der Waals surface area contributed by atoms with Crippen molar-refractivity contribution in [1.29, 1.82) is 0 Å². The number of likely N-dealkylation sites (tertiary alicyclic amines) is 2. The molecule has 0 radical (unpaired) electrons. The van der Waals surface area contributed by atoms with Crippen molar-refractivity contribution in [3.63, 3.8) is 0 Å². The lowest BCUT2D eigenvalue weighted by atomic mass is 10.0. The first kappa shape index (κ1) is 44.3. The van der Waals surface area contributed by atoms with E-state index in [2.05, 4.69) is 31.7 Å². The van der Waals surface area contributed by atoms with Crippen LogP contribution < -0.4 is 10.6 Å². The highest BCUT2D eigenvalue weighted by atomic mass is 19.3. The number of alkyl halides is 2. The fourth-order valence-electron chi connectivity index (χ4n) is 8.39. The number of ether oxygens (including phenoxy) is 2. The van der Waals surface area contributed by atoms with Gasteiger partial charge in [0.25, 0.3) is 5.92 Å². The first-order valence-electron chi connectivity index (χ1n) is 21.4. The molecule has 4 atom stereocenters. The number of halogens is 2. The number of fused-ring (bicyclic) bond motifs is 4. The first-order valence-corrected chi connectivity index (χ1v) is 21.4. The fraction of sp³-hybridized carbons (Fsp3) is 0.522. The number of aromatic amines is 2. The quantitative estimate of drug-likeness (QED) is 0.114. The SMILES string of the molecule is CC(C)[C@H](NC(=O)OC(C)(C)C)C(=O)N1CC(F)(F)C[C@H]1c1nc2ccc(-c3ccc4c(ccc5[nH]c([C@@H]6CCCN6C(=O)[C@@H](NC(=O)OC(C)(C)C)C(C)C)nc54)c3)cc2[nH]1. The molecular weight excluding hydrogens is 799 g/mol. The van der Waals surface area contributed by atoms with Crippen LogP contribution in [0.4, 0.5) is 18.4 Å². The molecule has 0 aliphatic carbocycles. The van der Waals surface area contributed by atoms with Crippen LogP contribution in [0.2, 0.25) is 0 Å². The second-order valence-electron chi connectivity index (χ2n) is 19.3. The molecule has 0 saturated carbocycles. The number of carbonyl (C=O) groups excluding carboxylic acids is 4. The van der Waals surface area contributed by atoms with E-state index in [-0.39, 0.29) is 23.7 Å². The molecule has 332 valence electrons. The molecule has 5 aromatic rings. The normalized spacial score (nSPS) is 19.1. The van der Waals surface area contributed by atoms with Gasteiger partial charge >= 0.3 is 12.2 Å². The van der Waals surface area contributed by atoms with E-state index in [1.54, 1.807) is 60.3 Å². The number of hydrogen-bond acceptors (Lipinski definition) is 8. The van der Waals surface area contributed by atoms with Crippen molar-refractivity contribution >= 4 is 56.8 Å². The summed E-state index contributed by atoms with van der Waals surface area (Å²) in [5.41, 5.74) is 3.06. The van der Waals surface area contributed by atoms with Crippen molar-refractivity contribution in [2.75, 3.05) is 13.1 Å². The van der Waals surface area contributed by atoms with Gasteiger partial charge in [-0.3, -0.25) is 9.59 Å². The lowest BCUT2D eigenvalue weighted by Crippen LogP contribution is -2.52. The molecule has 4 heterocycles. The molecule has 2 aliphatic rings. The Morgan fingerprint density at radius 2 is 1.31 bits per heavy atom. The Morgan fingerprint density at radius 3 is 1.92 bits per heavy atom. The van der Waals surface area contributed by atoms with Gasteiger partial charge in [0.1, 0.15) is 34.9 Å². The smallest absolute Gasteiger partial charge is 0.408 e. The van der Waals surface area contributed by atoms with Gasteiger partial charge in [0.15, 0.2) is 0 Å². The van der Waals surface area contributed by atoms with E-state index >= 15 is 8.78 Å². The Labute approximate surface area is 359 Å². The van der Waals surface area contributed by atoms with E-state index in [4.69, 9.17) is 14.5 Å². The van der Waals surface area contributed by atoms with Crippen LogP contribution in [-0.4, -0.2) is 96.0 Å². The third-order valence-corrected chi connectivity index (χ3v) is 11.2. The molecule has 4 N–H and O–H groups in total. The first-order chi connectivity index (χ1) is 29.0. The molecule has 2 fully saturated rings. The number of benzene rings is 3. The van der Waals surface area contributed by atoms with Gasteiger partial charge < -0.3 is 39.9 Å². The van der Waals surface area contributed by atoms with E-state index in [0.717, 1.165) is 50.7 Å². The van der Waals surface area contributed by atoms with Crippen LogP contribution in [0, 0.1) is 11.8 Å². The van der Waals surface area contributed by atoms with Crippen molar-refractivity contribution in [2.24, 2.45) is 11.8 Å². The maximum atomic E-state index is 15.1. The number of H-pyrrole nitrogens is 2. The largest absolute Gasteiger partial charge is 0.444 e. The van der Waals surface area contributed by atoms with E-state index in [1.165, 1.54) is 0 Å². The molecule has 3 aromatic carbocycles. The number of nitrogens with one attached hydrogen (secondary N) is 4. The number of amides is 4. The minimum Gasteiger partial charge on any atom is -0.444 e. The predicted molar refractivity (Wildman–Crippen MR) is 232 cm³/mol. The van der Waals surface area contributed by atoms with Crippen molar-refractivity contribution in [1.82, 2.24) is 40.4 Å². The zero-order valence-corrected chi connectivity index (χ0v) is 37.1. The number of aromatic nitrogens is 4. The standard InChI is InChI=1S/C46H58F2N8O6/c1-24(2)35(53-42(59)61-44(5,6)7)40(57)55-19-11-12-33(55)38-50-31-18-15-28-20-26(13-16-29(28)37(31)52-38)27-14-17-30-32(21-27)51-39(49-30)34-22-46(47,48)23-56(34)41(58)36(25(3)4)54-43(60)62-45(8,9)10/h13-18,20-21,24-25,33-36H,11-12,19,22-23H2,1-10H3,(H,49,51)(H,50,52)(H,53,59)(H,54,60)/t33-,34-,35-,36-/m0/s1. The van der Waals surface area contributed by atoms with Crippen molar-refractivity contribution < 1.29 is 37.4 Å². The molecule has 2 aromatic heterocycles. The van der Waals surface area contributed by atoms with Gasteiger partial charge in [0, 0.05) is 18.4 Å². The number of hydrogen-bond donors (Lipinski definition) is 4. The van der Waals surface area contributed by atoms with Crippen LogP contribution in [0.1, 0.15) is 112 Å². The van der Waals surface area contributed by atoms with Crippen LogP contribution in [0.5, 0.6) is 0 Å². The number of imidazole rings is 2. The summed E-state index contributed by atoms with van der Waals surface area (Å²) in [7, 11) is 0. The average Bonchev–Trinajstić information content (AvgIpc) is 3.97. The summed E-state index contributed by atoms with van der Waals surface area (Å²) in [6.07, 6.45) is -0.523. The molecule has 4 amide bonds. The summed E-state index contributed by atoms with van der Waals surface area (Å²) >= 11 is 0. The summed E-state index contributed by atoms with van der Waals surface area (Å²) in [4.78, 5) is 72.4. The van der Waals surface area contributed by atoms with Crippen LogP contribution >= 0.6 is 0 Å². The molecular formula is C46H58F2N8O6. The molecule has 2 saturated heterocycles. The second kappa shape index (κ2) is 16.5. The monoisotopic (exact) mass is 856 g/mol. The zero-order valence-electron chi connectivity index (χ0n) is 37.1. The van der Waals surface area contributed by atoms with Crippen molar-refractivity contribution in [2.45, 2.75) is 130 Å². The molecule has 2 aliphatic heterocycles. The molecule has 16 heteroatoms. The molecule has 0 spiro atoms. The highest BCUT2D eigenvalue weighted by molar-refractivity contribution is 6.05. The molecule has 0 unspecified atom stereocenters. The number of rotatable bonds is 9. The number of carbonyl (C=O) groups is 4. The van der Waals surface area contributed by atoms with Crippen LogP contribution in [-0.2, 0) is 19.1 Å². The summed E-state index contributed by atoms with van der Waals surface area (Å²) in [6.45, 7) is 17.4. The van der Waals surface area contributed by atoms with Crippen LogP contribution in [0.15, 0.2) is 48.5 Å². The van der Waals surface area contributed by atoms with Gasteiger partial charge in [-0.25, -0.2) is 28.3 Å². The lowest BCUT2D eigenvalue weighted by molar-refractivity contribution is -0.137. The topological polar surface area (TPSA) is 175 Å². The molecule has 62 heavy (non-hydrogen) atoms.